The van der Waals surface area contributed by atoms with E-state index in [0.717, 1.165) is 5.56 Å². The number of esters is 1. The van der Waals surface area contributed by atoms with Crippen molar-refractivity contribution in [1.82, 2.24) is 5.16 Å². The Morgan fingerprint density at radius 3 is 2.94 bits per heavy atom. The number of fused-ring (bicyclic) bond motifs is 1. The fourth-order valence-corrected chi connectivity index (χ4v) is 2.01. The second-order valence-electron chi connectivity index (χ2n) is 3.31. The first-order valence-electron chi connectivity index (χ1n) is 4.98. The van der Waals surface area contributed by atoms with E-state index >= 15 is 0 Å². The van der Waals surface area contributed by atoms with Gasteiger partial charge in [-0.05, 0) is 24.6 Å². The smallest absolute Gasteiger partial charge is 0.377 e. The summed E-state index contributed by atoms with van der Waals surface area (Å²) in [6.45, 7) is 2.05. The zero-order valence-electron chi connectivity index (χ0n) is 8.94. The lowest BCUT2D eigenvalue weighted by Crippen LogP contribution is -2.03. The van der Waals surface area contributed by atoms with Gasteiger partial charge in [-0.15, -0.1) is 0 Å². The largest absolute Gasteiger partial charge is 0.460 e. The Morgan fingerprint density at radius 2 is 2.29 bits per heavy atom. The molecule has 0 fully saturated rings. The van der Waals surface area contributed by atoms with Crippen LogP contribution in [0.3, 0.4) is 0 Å². The van der Waals surface area contributed by atoms with E-state index in [1.165, 1.54) is 0 Å². The number of nitrogens with zero attached hydrogens (tertiary/aromatic N) is 1. The third-order valence-electron chi connectivity index (χ3n) is 2.21. The Bertz CT molecular complexity index is 551. The van der Waals surface area contributed by atoms with Crippen LogP contribution in [0.5, 0.6) is 0 Å². The van der Waals surface area contributed by atoms with Gasteiger partial charge >= 0.3 is 5.97 Å². The van der Waals surface area contributed by atoms with Crippen molar-refractivity contribution >= 4 is 48.7 Å². The molecule has 0 saturated heterocycles. The van der Waals surface area contributed by atoms with Gasteiger partial charge in [0.05, 0.1) is 15.7 Å². The van der Waals surface area contributed by atoms with E-state index in [1.807, 2.05) is 12.1 Å². The molecule has 90 valence electrons. The molecular formula is C11H9Br2NO3. The molecule has 0 spiro atoms. The SMILES string of the molecule is CCOC(=O)c1onc2ccc(C(Br)Br)cc12. The van der Waals surface area contributed by atoms with Crippen molar-refractivity contribution in [3.8, 4) is 0 Å². The normalized spacial score (nSPS) is 11.1. The molecule has 0 aliphatic carbocycles. The quantitative estimate of drug-likeness (QED) is 0.615. The molecule has 0 saturated carbocycles. The van der Waals surface area contributed by atoms with E-state index in [0.29, 0.717) is 17.5 Å². The van der Waals surface area contributed by atoms with E-state index in [1.54, 1.807) is 13.0 Å². The van der Waals surface area contributed by atoms with Gasteiger partial charge in [-0.1, -0.05) is 43.1 Å². The van der Waals surface area contributed by atoms with Gasteiger partial charge in [-0.2, -0.15) is 0 Å². The zero-order valence-corrected chi connectivity index (χ0v) is 12.1. The van der Waals surface area contributed by atoms with Crippen molar-refractivity contribution in [3.63, 3.8) is 0 Å². The molecule has 2 aromatic rings. The van der Waals surface area contributed by atoms with Crippen LogP contribution in [-0.2, 0) is 4.74 Å². The van der Waals surface area contributed by atoms with E-state index in [2.05, 4.69) is 37.0 Å². The number of carbonyl (C=O) groups excluding carboxylic acids is 1. The van der Waals surface area contributed by atoms with Crippen LogP contribution in [-0.4, -0.2) is 17.7 Å². The third kappa shape index (κ3) is 2.52. The van der Waals surface area contributed by atoms with Gasteiger partial charge in [0.1, 0.15) is 5.52 Å². The molecule has 4 nitrogen and oxygen atoms in total. The van der Waals surface area contributed by atoms with Crippen LogP contribution in [0, 0.1) is 0 Å². The van der Waals surface area contributed by atoms with Gasteiger partial charge in [0.25, 0.3) is 5.76 Å². The summed E-state index contributed by atoms with van der Waals surface area (Å²) in [5.41, 5.74) is 1.61. The highest BCUT2D eigenvalue weighted by molar-refractivity contribution is 9.24. The topological polar surface area (TPSA) is 52.3 Å². The van der Waals surface area contributed by atoms with Crippen molar-refractivity contribution in [2.24, 2.45) is 0 Å². The monoisotopic (exact) mass is 361 g/mol. The Balaban J connectivity index is 2.50. The number of hydrogen-bond donors (Lipinski definition) is 0. The van der Waals surface area contributed by atoms with Gasteiger partial charge in [-0.3, -0.25) is 0 Å². The molecule has 2 rings (SSSR count). The number of carbonyl (C=O) groups is 1. The molecule has 1 heterocycles. The molecule has 0 amide bonds. The second-order valence-corrected chi connectivity index (χ2v) is 6.37. The van der Waals surface area contributed by atoms with Crippen LogP contribution in [0.1, 0.15) is 26.8 Å². The highest BCUT2D eigenvalue weighted by Gasteiger charge is 2.18. The second kappa shape index (κ2) is 5.18. The zero-order chi connectivity index (χ0) is 12.4. The molecule has 0 bridgehead atoms. The van der Waals surface area contributed by atoms with Crippen LogP contribution in [0.15, 0.2) is 22.7 Å². The van der Waals surface area contributed by atoms with E-state index in [4.69, 9.17) is 9.26 Å². The Morgan fingerprint density at radius 1 is 1.53 bits per heavy atom. The maximum absolute atomic E-state index is 11.6. The molecule has 0 N–H and O–H groups in total. The fraction of sp³-hybridized carbons (Fsp3) is 0.273. The summed E-state index contributed by atoms with van der Waals surface area (Å²) >= 11 is 6.80. The number of ether oxygens (including phenoxy) is 1. The number of benzene rings is 1. The number of alkyl halides is 2. The number of halogens is 2. The van der Waals surface area contributed by atoms with Gasteiger partial charge in [0.2, 0.25) is 0 Å². The van der Waals surface area contributed by atoms with E-state index < -0.39 is 5.97 Å². The van der Waals surface area contributed by atoms with Gasteiger partial charge in [-0.25, -0.2) is 4.79 Å². The van der Waals surface area contributed by atoms with E-state index in [9.17, 15) is 4.79 Å². The molecule has 0 radical (unpaired) electrons. The van der Waals surface area contributed by atoms with Gasteiger partial charge in [0.15, 0.2) is 0 Å². The van der Waals surface area contributed by atoms with Crippen LogP contribution >= 0.6 is 31.9 Å². The summed E-state index contributed by atoms with van der Waals surface area (Å²) in [7, 11) is 0. The van der Waals surface area contributed by atoms with Crippen LogP contribution in [0.25, 0.3) is 10.9 Å². The molecule has 1 aromatic heterocycles. The highest BCUT2D eigenvalue weighted by Crippen LogP contribution is 2.32. The van der Waals surface area contributed by atoms with Crippen LogP contribution < -0.4 is 0 Å². The van der Waals surface area contributed by atoms with E-state index in [-0.39, 0.29) is 9.50 Å². The lowest BCUT2D eigenvalue weighted by molar-refractivity contribution is 0.0483. The minimum absolute atomic E-state index is 0.0179. The maximum Gasteiger partial charge on any atom is 0.377 e. The molecule has 0 unspecified atom stereocenters. The lowest BCUT2D eigenvalue weighted by Gasteiger charge is -2.01. The molecular weight excluding hydrogens is 354 g/mol. The van der Waals surface area contributed by atoms with Crippen molar-refractivity contribution < 1.29 is 14.1 Å². The van der Waals surface area contributed by atoms with Crippen molar-refractivity contribution in [2.45, 2.75) is 10.7 Å². The first kappa shape index (κ1) is 12.6. The first-order valence-corrected chi connectivity index (χ1v) is 6.81. The highest BCUT2D eigenvalue weighted by atomic mass is 79.9. The summed E-state index contributed by atoms with van der Waals surface area (Å²) in [5, 5.41) is 4.47. The molecule has 1 aromatic carbocycles. The van der Waals surface area contributed by atoms with Gasteiger partial charge in [0, 0.05) is 0 Å². The average Bonchev–Trinajstić information content (AvgIpc) is 2.71. The summed E-state index contributed by atoms with van der Waals surface area (Å²) in [4.78, 5) is 11.6. The molecule has 0 aliphatic heterocycles. The standard InChI is InChI=1S/C11H9Br2NO3/c1-2-16-11(15)9-7-5-6(10(12)13)3-4-8(7)14-17-9/h3-5,10H,2H2,1H3. The Hall–Kier alpha value is -0.880. The summed E-state index contributed by atoms with van der Waals surface area (Å²) in [6.07, 6.45) is 0. The molecule has 17 heavy (non-hydrogen) atoms. The first-order chi connectivity index (χ1) is 8.13. The van der Waals surface area contributed by atoms with Crippen LogP contribution in [0.2, 0.25) is 0 Å². The van der Waals surface area contributed by atoms with Crippen molar-refractivity contribution in [2.75, 3.05) is 6.61 Å². The van der Waals surface area contributed by atoms with Crippen molar-refractivity contribution in [3.05, 3.63) is 29.5 Å². The molecule has 0 atom stereocenters. The Kier molecular flexibility index (Phi) is 3.83. The predicted molar refractivity (Wildman–Crippen MR) is 70.6 cm³/mol. The lowest BCUT2D eigenvalue weighted by atomic mass is 10.1. The minimum atomic E-state index is -0.493. The predicted octanol–water partition coefficient (Wildman–Crippen LogP) is 3.79. The minimum Gasteiger partial charge on any atom is -0.460 e. The average molecular weight is 363 g/mol. The number of rotatable bonds is 3. The molecule has 0 aliphatic rings. The van der Waals surface area contributed by atoms with Gasteiger partial charge < -0.3 is 9.26 Å². The van der Waals surface area contributed by atoms with Crippen LogP contribution in [0.4, 0.5) is 0 Å². The summed E-state index contributed by atoms with van der Waals surface area (Å²) < 4.78 is 9.93. The fourth-order valence-electron chi connectivity index (χ4n) is 1.44. The third-order valence-corrected chi connectivity index (χ3v) is 3.27. The number of hydrogen-bond acceptors (Lipinski definition) is 4. The Labute approximate surface area is 115 Å². The molecule has 6 heteroatoms. The van der Waals surface area contributed by atoms with Crippen molar-refractivity contribution in [1.29, 1.82) is 0 Å². The summed E-state index contributed by atoms with van der Waals surface area (Å²) in [6, 6.07) is 5.53. The summed E-state index contributed by atoms with van der Waals surface area (Å²) in [5.74, 6) is -0.350. The number of aromatic nitrogens is 1. The maximum atomic E-state index is 11.6.